The van der Waals surface area contributed by atoms with Crippen LogP contribution in [-0.2, 0) is 21.4 Å². The molecule has 1 aliphatic rings. The van der Waals surface area contributed by atoms with E-state index in [1.165, 1.54) is 40.6 Å². The molecule has 1 atom stereocenters. The number of aromatic nitrogens is 4. The molecule has 2 N–H and O–H groups in total. The lowest BCUT2D eigenvalue weighted by molar-refractivity contribution is -0.119. The third-order valence-electron chi connectivity index (χ3n) is 5.01. The van der Waals surface area contributed by atoms with Gasteiger partial charge in [-0.15, -0.1) is 0 Å². The number of aryl methyl sites for hydroxylation is 3. The number of hydrogen-bond donors (Lipinski definition) is 2. The molecule has 1 aromatic carbocycles. The van der Waals surface area contributed by atoms with E-state index in [1.807, 2.05) is 0 Å². The highest BCUT2D eigenvalue weighted by Crippen LogP contribution is 2.26. The summed E-state index contributed by atoms with van der Waals surface area (Å²) in [5, 5.41) is 3.40. The van der Waals surface area contributed by atoms with Crippen LogP contribution in [0.5, 0.6) is 0 Å². The molecule has 1 amide bonds. The lowest BCUT2D eigenvalue weighted by Gasteiger charge is -2.24. The molecule has 0 saturated carbocycles. The number of amides is 1. The molecule has 0 spiro atoms. The number of carbonyl (C=O) groups excluding carboxylic acids is 1. The maximum Gasteiger partial charge on any atom is 0.263 e. The summed E-state index contributed by atoms with van der Waals surface area (Å²) in [5.41, 5.74) is 1.48. The third-order valence-corrected chi connectivity index (χ3v) is 7.53. The molecule has 0 fully saturated rings. The summed E-state index contributed by atoms with van der Waals surface area (Å²) in [6, 6.07) is 7.39. The number of rotatable bonds is 5. The first-order valence-electron chi connectivity index (χ1n) is 10.1. The van der Waals surface area contributed by atoms with Crippen molar-refractivity contribution < 1.29 is 13.2 Å². The lowest BCUT2D eigenvalue weighted by Crippen LogP contribution is -2.37. The van der Waals surface area contributed by atoms with E-state index < -0.39 is 15.9 Å². The van der Waals surface area contributed by atoms with E-state index in [0.29, 0.717) is 33.7 Å². The van der Waals surface area contributed by atoms with Crippen molar-refractivity contribution in [1.82, 2.24) is 19.5 Å². The Morgan fingerprint density at radius 1 is 1.15 bits per heavy atom. The molecule has 1 aliphatic heterocycles. The minimum Gasteiger partial charge on any atom is -0.326 e. The lowest BCUT2D eigenvalue weighted by atomic mass is 10.1. The zero-order valence-electron chi connectivity index (χ0n) is 18.2. The molecule has 12 heteroatoms. The number of nitrogens with zero attached hydrogens (tertiary/aromatic N) is 4. The van der Waals surface area contributed by atoms with Crippen molar-refractivity contribution in [2.24, 2.45) is 5.92 Å². The molecule has 10 nitrogen and oxygen atoms in total. The largest absolute Gasteiger partial charge is 0.326 e. The van der Waals surface area contributed by atoms with Gasteiger partial charge in [0.1, 0.15) is 11.6 Å². The van der Waals surface area contributed by atoms with Crippen LogP contribution in [0.1, 0.15) is 17.1 Å². The van der Waals surface area contributed by atoms with Crippen molar-refractivity contribution in [1.29, 1.82) is 0 Å². The van der Waals surface area contributed by atoms with Crippen LogP contribution in [0, 0.1) is 26.7 Å². The van der Waals surface area contributed by atoms with Gasteiger partial charge in [0.15, 0.2) is 5.16 Å². The van der Waals surface area contributed by atoms with Gasteiger partial charge in [-0.1, -0.05) is 11.8 Å². The van der Waals surface area contributed by atoms with Gasteiger partial charge < -0.3 is 5.32 Å². The Bertz CT molecular complexity index is 1370. The van der Waals surface area contributed by atoms with E-state index in [9.17, 15) is 18.0 Å². The van der Waals surface area contributed by atoms with E-state index in [1.54, 1.807) is 33.0 Å². The van der Waals surface area contributed by atoms with Gasteiger partial charge in [0.25, 0.3) is 15.6 Å². The van der Waals surface area contributed by atoms with Gasteiger partial charge in [-0.2, -0.15) is 0 Å². The van der Waals surface area contributed by atoms with Crippen LogP contribution < -0.4 is 15.6 Å². The Morgan fingerprint density at radius 2 is 1.88 bits per heavy atom. The summed E-state index contributed by atoms with van der Waals surface area (Å²) in [5.74, 6) is 0.477. The second kappa shape index (κ2) is 8.94. The average Bonchev–Trinajstić information content (AvgIpc) is 2.75. The molecule has 0 radical (unpaired) electrons. The van der Waals surface area contributed by atoms with Crippen molar-refractivity contribution in [3.63, 3.8) is 0 Å². The van der Waals surface area contributed by atoms with E-state index in [-0.39, 0.29) is 28.7 Å². The summed E-state index contributed by atoms with van der Waals surface area (Å²) < 4.78 is 29.3. The molecule has 172 valence electrons. The van der Waals surface area contributed by atoms with Gasteiger partial charge in [0.05, 0.1) is 10.8 Å². The summed E-state index contributed by atoms with van der Waals surface area (Å²) in [6.45, 7) is 5.37. The number of thioether (sulfide) groups is 1. The smallest absolute Gasteiger partial charge is 0.263 e. The summed E-state index contributed by atoms with van der Waals surface area (Å²) in [6.07, 6.45) is 1.54. The zero-order valence-corrected chi connectivity index (χ0v) is 19.8. The Labute approximate surface area is 194 Å². The number of carbonyl (C=O) groups is 1. The summed E-state index contributed by atoms with van der Waals surface area (Å²) in [4.78, 5) is 37.6. The Balaban J connectivity index is 1.44. The Morgan fingerprint density at radius 3 is 2.58 bits per heavy atom. The molecule has 4 rings (SSSR count). The summed E-state index contributed by atoms with van der Waals surface area (Å²) >= 11 is 1.36. The number of fused-ring (bicyclic) bond motifs is 1. The number of sulfonamides is 1. The molecule has 33 heavy (non-hydrogen) atoms. The zero-order chi connectivity index (χ0) is 23.8. The predicted octanol–water partition coefficient (Wildman–Crippen LogP) is 2.12. The fourth-order valence-electron chi connectivity index (χ4n) is 3.39. The van der Waals surface area contributed by atoms with E-state index >= 15 is 0 Å². The van der Waals surface area contributed by atoms with Crippen molar-refractivity contribution >= 4 is 39.2 Å². The Kier molecular flexibility index (Phi) is 6.21. The molecule has 1 unspecified atom stereocenters. The standard InChI is InChI=1S/C21H22N6O4S2/c1-12-9-22-21-27(20(12)29)10-15(11-32-21)19(28)25-16-4-6-17(7-5-16)33(30,31)26-18-8-13(2)23-14(3)24-18/h4-9,15H,10-11H2,1-3H3,(H,25,28)(H,23,24,26). The van der Waals surface area contributed by atoms with Crippen LogP contribution >= 0.6 is 11.8 Å². The molecule has 3 aromatic rings. The number of hydrogen-bond acceptors (Lipinski definition) is 8. The van der Waals surface area contributed by atoms with Crippen LogP contribution in [0.2, 0.25) is 0 Å². The number of nitrogens with one attached hydrogen (secondary N) is 2. The van der Waals surface area contributed by atoms with Gasteiger partial charge in [-0.3, -0.25) is 18.9 Å². The van der Waals surface area contributed by atoms with Crippen molar-refractivity contribution in [2.75, 3.05) is 15.8 Å². The van der Waals surface area contributed by atoms with Gasteiger partial charge in [-0.05, 0) is 45.0 Å². The van der Waals surface area contributed by atoms with Gasteiger partial charge in [0.2, 0.25) is 5.91 Å². The summed E-state index contributed by atoms with van der Waals surface area (Å²) in [7, 11) is -3.86. The van der Waals surface area contributed by atoms with Crippen LogP contribution in [-0.4, -0.2) is 39.6 Å². The minimum absolute atomic E-state index is 0.0321. The number of benzene rings is 1. The van der Waals surface area contributed by atoms with E-state index in [4.69, 9.17) is 0 Å². The quantitative estimate of drug-likeness (QED) is 0.524. The highest BCUT2D eigenvalue weighted by molar-refractivity contribution is 7.99. The maximum atomic E-state index is 12.8. The highest BCUT2D eigenvalue weighted by atomic mass is 32.2. The SMILES string of the molecule is Cc1cc(NS(=O)(=O)c2ccc(NC(=O)C3CSc4ncc(C)c(=O)n4C3)cc2)nc(C)n1. The van der Waals surface area contributed by atoms with Gasteiger partial charge in [0, 0.05) is 41.5 Å². The Hall–Kier alpha value is -3.25. The van der Waals surface area contributed by atoms with Crippen molar-refractivity contribution in [2.45, 2.75) is 37.4 Å². The monoisotopic (exact) mass is 486 g/mol. The fraction of sp³-hybridized carbons (Fsp3) is 0.286. The molecule has 0 saturated heterocycles. The molecule has 0 bridgehead atoms. The van der Waals surface area contributed by atoms with Crippen molar-refractivity contribution in [3.8, 4) is 0 Å². The highest BCUT2D eigenvalue weighted by Gasteiger charge is 2.27. The minimum atomic E-state index is -3.86. The van der Waals surface area contributed by atoms with Crippen LogP contribution in [0.25, 0.3) is 0 Å². The van der Waals surface area contributed by atoms with E-state index in [0.717, 1.165) is 0 Å². The van der Waals surface area contributed by atoms with Crippen LogP contribution in [0.3, 0.4) is 0 Å². The first-order chi connectivity index (χ1) is 15.6. The average molecular weight is 487 g/mol. The molecular weight excluding hydrogens is 464 g/mol. The first kappa shape index (κ1) is 22.9. The number of anilines is 2. The van der Waals surface area contributed by atoms with Crippen molar-refractivity contribution in [3.05, 3.63) is 64.0 Å². The van der Waals surface area contributed by atoms with E-state index in [2.05, 4.69) is 25.0 Å². The fourth-order valence-corrected chi connectivity index (χ4v) is 5.43. The maximum absolute atomic E-state index is 12.8. The molecular formula is C21H22N6O4S2. The van der Waals surface area contributed by atoms with Crippen LogP contribution in [0.15, 0.2) is 51.4 Å². The molecule has 2 aromatic heterocycles. The molecule has 3 heterocycles. The van der Waals surface area contributed by atoms with Gasteiger partial charge in [-0.25, -0.2) is 23.4 Å². The normalized spacial score (nSPS) is 15.5. The second-order valence-corrected chi connectivity index (χ2v) is 10.4. The molecule has 0 aliphatic carbocycles. The van der Waals surface area contributed by atoms with Gasteiger partial charge >= 0.3 is 0 Å². The van der Waals surface area contributed by atoms with Crippen LogP contribution in [0.4, 0.5) is 11.5 Å². The first-order valence-corrected chi connectivity index (χ1v) is 12.5. The third kappa shape index (κ3) is 5.06. The second-order valence-electron chi connectivity index (χ2n) is 7.71. The topological polar surface area (TPSA) is 136 Å². The predicted molar refractivity (Wildman–Crippen MR) is 125 cm³/mol.